The maximum Gasteiger partial charge on any atom is 0.419 e. The Bertz CT molecular complexity index is 582. The van der Waals surface area contributed by atoms with E-state index in [4.69, 9.17) is 0 Å². The zero-order valence-electron chi connectivity index (χ0n) is 12.9. The summed E-state index contributed by atoms with van der Waals surface area (Å²) in [6, 6.07) is 6.55. The SMILES string of the molecule is CS[C@H](C)c1cccc(NC(=O)N2CC[C@@](O)(C(F)(F)F)C2)c1. The van der Waals surface area contributed by atoms with Crippen LogP contribution in [0.15, 0.2) is 24.3 Å². The van der Waals surface area contributed by atoms with Crippen molar-refractivity contribution in [3.63, 3.8) is 0 Å². The number of benzene rings is 1. The molecular formula is C15H19F3N2O2S. The monoisotopic (exact) mass is 348 g/mol. The molecule has 0 bridgehead atoms. The van der Waals surface area contributed by atoms with Crippen molar-refractivity contribution < 1.29 is 23.1 Å². The third kappa shape index (κ3) is 3.92. The first-order chi connectivity index (χ1) is 10.7. The van der Waals surface area contributed by atoms with Gasteiger partial charge in [0, 0.05) is 23.9 Å². The minimum absolute atomic E-state index is 0.136. The van der Waals surface area contributed by atoms with Gasteiger partial charge in [0.1, 0.15) is 0 Å². The van der Waals surface area contributed by atoms with E-state index >= 15 is 0 Å². The number of β-amino-alcohol motifs (C(OH)–C–C–N with tert-alkyl or cyclic N) is 1. The van der Waals surface area contributed by atoms with E-state index in [1.807, 2.05) is 19.2 Å². The Kier molecular flexibility index (Phi) is 5.15. The van der Waals surface area contributed by atoms with Gasteiger partial charge in [-0.15, -0.1) is 0 Å². The van der Waals surface area contributed by atoms with E-state index in [0.717, 1.165) is 10.5 Å². The fourth-order valence-corrected chi connectivity index (χ4v) is 2.83. The summed E-state index contributed by atoms with van der Waals surface area (Å²) in [6.45, 7) is 1.14. The Balaban J connectivity index is 2.04. The van der Waals surface area contributed by atoms with Crippen LogP contribution in [0.4, 0.5) is 23.7 Å². The summed E-state index contributed by atoms with van der Waals surface area (Å²) in [5.74, 6) is 0. The van der Waals surface area contributed by atoms with Crippen molar-refractivity contribution >= 4 is 23.5 Å². The fourth-order valence-electron chi connectivity index (χ4n) is 2.41. The summed E-state index contributed by atoms with van der Waals surface area (Å²) in [5, 5.41) is 12.4. The predicted octanol–water partition coefficient (Wildman–Crippen LogP) is 3.64. The summed E-state index contributed by atoms with van der Waals surface area (Å²) in [4.78, 5) is 13.1. The highest BCUT2D eigenvalue weighted by Gasteiger charge is 2.57. The third-order valence-corrected chi connectivity index (χ3v) is 5.00. The first kappa shape index (κ1) is 17.9. The van der Waals surface area contributed by atoms with E-state index < -0.39 is 30.8 Å². The number of hydrogen-bond acceptors (Lipinski definition) is 3. The molecular weight excluding hydrogens is 329 g/mol. The van der Waals surface area contributed by atoms with Crippen LogP contribution < -0.4 is 5.32 Å². The minimum atomic E-state index is -4.74. The molecule has 1 aromatic carbocycles. The van der Waals surface area contributed by atoms with Crippen LogP contribution in [-0.2, 0) is 0 Å². The van der Waals surface area contributed by atoms with Crippen molar-refractivity contribution in [1.82, 2.24) is 4.90 Å². The van der Waals surface area contributed by atoms with Crippen LogP contribution in [0, 0.1) is 0 Å². The summed E-state index contributed by atoms with van der Waals surface area (Å²) in [6.07, 6.45) is -3.28. The maximum absolute atomic E-state index is 12.8. The average Bonchev–Trinajstić information content (AvgIpc) is 2.90. The molecule has 1 heterocycles. The maximum atomic E-state index is 12.8. The Morgan fingerprint density at radius 3 is 2.74 bits per heavy atom. The van der Waals surface area contributed by atoms with Gasteiger partial charge in [0.05, 0.1) is 6.54 Å². The van der Waals surface area contributed by atoms with Crippen LogP contribution in [0.25, 0.3) is 0 Å². The van der Waals surface area contributed by atoms with E-state index in [-0.39, 0.29) is 11.8 Å². The van der Waals surface area contributed by atoms with Crippen molar-refractivity contribution in [1.29, 1.82) is 0 Å². The fraction of sp³-hybridized carbons (Fsp3) is 0.533. The van der Waals surface area contributed by atoms with Gasteiger partial charge in [-0.3, -0.25) is 0 Å². The topological polar surface area (TPSA) is 52.6 Å². The average molecular weight is 348 g/mol. The lowest BCUT2D eigenvalue weighted by Crippen LogP contribution is -2.48. The van der Waals surface area contributed by atoms with E-state index in [1.165, 1.54) is 0 Å². The summed E-state index contributed by atoms with van der Waals surface area (Å²) >= 11 is 1.65. The molecule has 23 heavy (non-hydrogen) atoms. The van der Waals surface area contributed by atoms with Gasteiger partial charge >= 0.3 is 12.2 Å². The molecule has 0 aromatic heterocycles. The number of carbonyl (C=O) groups is 1. The molecule has 8 heteroatoms. The number of amides is 2. The number of carbonyl (C=O) groups excluding carboxylic acids is 1. The van der Waals surface area contributed by atoms with Crippen molar-refractivity contribution in [2.75, 3.05) is 24.7 Å². The standard InChI is InChI=1S/C15H19F3N2O2S/c1-10(23-2)11-4-3-5-12(8-11)19-13(21)20-7-6-14(22,9-20)15(16,17)18/h3-5,8,10,22H,6-7,9H2,1-2H3,(H,19,21)/t10-,14+/m1/s1. The molecule has 1 saturated heterocycles. The Hall–Kier alpha value is -1.41. The van der Waals surface area contributed by atoms with E-state index in [2.05, 4.69) is 5.32 Å². The molecule has 0 unspecified atom stereocenters. The number of nitrogens with zero attached hydrogens (tertiary/aromatic N) is 1. The van der Waals surface area contributed by atoms with Crippen LogP contribution in [0.3, 0.4) is 0 Å². The molecule has 128 valence electrons. The lowest BCUT2D eigenvalue weighted by molar-refractivity contribution is -0.253. The Labute approximate surface area is 137 Å². The van der Waals surface area contributed by atoms with Gasteiger partial charge in [-0.2, -0.15) is 24.9 Å². The number of alkyl halides is 3. The van der Waals surface area contributed by atoms with Crippen LogP contribution in [0.2, 0.25) is 0 Å². The number of halogens is 3. The molecule has 1 aromatic rings. The molecule has 0 spiro atoms. The van der Waals surface area contributed by atoms with Gasteiger partial charge in [-0.25, -0.2) is 4.79 Å². The number of nitrogens with one attached hydrogen (secondary N) is 1. The molecule has 1 fully saturated rings. The van der Waals surface area contributed by atoms with Crippen molar-refractivity contribution in [3.05, 3.63) is 29.8 Å². The number of urea groups is 1. The molecule has 0 radical (unpaired) electrons. The highest BCUT2D eigenvalue weighted by atomic mass is 32.2. The van der Waals surface area contributed by atoms with Crippen molar-refractivity contribution in [3.8, 4) is 0 Å². The molecule has 1 aliphatic rings. The number of anilines is 1. The third-order valence-electron chi connectivity index (χ3n) is 4.02. The Morgan fingerprint density at radius 1 is 1.48 bits per heavy atom. The summed E-state index contributed by atoms with van der Waals surface area (Å²) in [5.41, 5.74) is -1.28. The van der Waals surface area contributed by atoms with Crippen LogP contribution in [0.5, 0.6) is 0 Å². The van der Waals surface area contributed by atoms with Crippen LogP contribution in [-0.4, -0.2) is 47.2 Å². The second-order valence-corrected chi connectivity index (χ2v) is 6.81. The molecule has 2 atom stereocenters. The Morgan fingerprint density at radius 2 is 2.17 bits per heavy atom. The van der Waals surface area contributed by atoms with Gasteiger partial charge < -0.3 is 15.3 Å². The molecule has 2 amide bonds. The first-order valence-electron chi connectivity index (χ1n) is 7.14. The number of hydrogen-bond donors (Lipinski definition) is 2. The van der Waals surface area contributed by atoms with E-state index in [0.29, 0.717) is 5.69 Å². The first-order valence-corrected chi connectivity index (χ1v) is 8.43. The second kappa shape index (κ2) is 6.60. The molecule has 1 aliphatic heterocycles. The quantitative estimate of drug-likeness (QED) is 0.877. The lowest BCUT2D eigenvalue weighted by Gasteiger charge is -2.26. The minimum Gasteiger partial charge on any atom is -0.379 e. The van der Waals surface area contributed by atoms with Gasteiger partial charge in [-0.05, 0) is 30.9 Å². The number of likely N-dealkylation sites (tertiary alicyclic amines) is 1. The smallest absolute Gasteiger partial charge is 0.379 e. The lowest BCUT2D eigenvalue weighted by atomic mass is 10.0. The number of aliphatic hydroxyl groups is 1. The molecule has 2 N–H and O–H groups in total. The highest BCUT2D eigenvalue weighted by molar-refractivity contribution is 7.98. The number of rotatable bonds is 3. The molecule has 0 saturated carbocycles. The summed E-state index contributed by atoms with van der Waals surface area (Å²) in [7, 11) is 0. The largest absolute Gasteiger partial charge is 0.419 e. The molecule has 2 rings (SSSR count). The van der Waals surface area contributed by atoms with Gasteiger partial charge in [0.2, 0.25) is 0 Å². The van der Waals surface area contributed by atoms with Crippen LogP contribution >= 0.6 is 11.8 Å². The van der Waals surface area contributed by atoms with Gasteiger partial charge in [0.15, 0.2) is 5.60 Å². The van der Waals surface area contributed by atoms with Gasteiger partial charge in [0.25, 0.3) is 0 Å². The van der Waals surface area contributed by atoms with E-state index in [1.54, 1.807) is 30.0 Å². The van der Waals surface area contributed by atoms with Crippen LogP contribution in [0.1, 0.15) is 24.2 Å². The van der Waals surface area contributed by atoms with Crippen molar-refractivity contribution in [2.24, 2.45) is 0 Å². The van der Waals surface area contributed by atoms with E-state index in [9.17, 15) is 23.1 Å². The molecule has 4 nitrogen and oxygen atoms in total. The zero-order valence-corrected chi connectivity index (χ0v) is 13.7. The number of thioether (sulfide) groups is 1. The van der Waals surface area contributed by atoms with Gasteiger partial charge in [-0.1, -0.05) is 12.1 Å². The van der Waals surface area contributed by atoms with Crippen molar-refractivity contribution in [2.45, 2.75) is 30.4 Å². The second-order valence-electron chi connectivity index (χ2n) is 5.63. The summed E-state index contributed by atoms with van der Waals surface area (Å²) < 4.78 is 38.3. The molecule has 0 aliphatic carbocycles. The highest BCUT2D eigenvalue weighted by Crippen LogP contribution is 2.37. The predicted molar refractivity (Wildman–Crippen MR) is 84.6 cm³/mol. The zero-order chi connectivity index (χ0) is 17.3. The normalized spacial score (nSPS) is 23.0.